The van der Waals surface area contributed by atoms with E-state index in [9.17, 15) is 14.4 Å². The zero-order valence-corrected chi connectivity index (χ0v) is 18.0. The van der Waals surface area contributed by atoms with Crippen molar-refractivity contribution in [3.63, 3.8) is 0 Å². The lowest BCUT2D eigenvalue weighted by atomic mass is 10.1. The molecule has 0 heterocycles. The highest BCUT2D eigenvalue weighted by Crippen LogP contribution is 2.19. The van der Waals surface area contributed by atoms with E-state index in [0.717, 1.165) is 5.56 Å². The Bertz CT molecular complexity index is 1120. The van der Waals surface area contributed by atoms with Crippen LogP contribution in [0.25, 0.3) is 0 Å². The van der Waals surface area contributed by atoms with Crippen LogP contribution in [0.5, 0.6) is 5.75 Å². The van der Waals surface area contributed by atoms with Crippen molar-refractivity contribution in [3.8, 4) is 5.75 Å². The molecule has 0 atom stereocenters. The second kappa shape index (κ2) is 11.0. The summed E-state index contributed by atoms with van der Waals surface area (Å²) in [4.78, 5) is 37.1. The first-order valence-corrected chi connectivity index (χ1v) is 10.1. The number of hydrogen-bond acceptors (Lipinski definition) is 5. The van der Waals surface area contributed by atoms with Crippen LogP contribution in [0.4, 0.5) is 5.69 Å². The lowest BCUT2D eigenvalue weighted by Crippen LogP contribution is -2.28. The van der Waals surface area contributed by atoms with E-state index in [0.29, 0.717) is 16.3 Å². The number of para-hydroxylation sites is 1. The number of carbonyl (C=O) groups is 3. The van der Waals surface area contributed by atoms with E-state index in [1.54, 1.807) is 60.7 Å². The van der Waals surface area contributed by atoms with Gasteiger partial charge in [0.25, 0.3) is 11.8 Å². The molecule has 0 fully saturated rings. The Balaban J connectivity index is 1.58. The summed E-state index contributed by atoms with van der Waals surface area (Å²) in [5, 5.41) is 5.87. The number of ether oxygens (including phenoxy) is 2. The summed E-state index contributed by atoms with van der Waals surface area (Å²) in [5.41, 5.74) is 1.55. The highest BCUT2D eigenvalue weighted by Gasteiger charge is 2.16. The Morgan fingerprint density at radius 2 is 1.59 bits per heavy atom. The molecule has 0 aliphatic carbocycles. The molecule has 2 N–H and O–H groups in total. The fourth-order valence-electron chi connectivity index (χ4n) is 2.80. The first kappa shape index (κ1) is 22.8. The largest absolute Gasteiger partial charge is 0.497 e. The molecule has 0 saturated heterocycles. The molecule has 0 radical (unpaired) electrons. The molecule has 3 aromatic carbocycles. The van der Waals surface area contributed by atoms with Gasteiger partial charge in [0, 0.05) is 17.1 Å². The van der Waals surface area contributed by atoms with E-state index in [-0.39, 0.29) is 17.8 Å². The van der Waals surface area contributed by atoms with Crippen molar-refractivity contribution >= 4 is 35.1 Å². The molecule has 164 valence electrons. The number of nitrogens with one attached hydrogen (secondary N) is 2. The lowest BCUT2D eigenvalue weighted by molar-refractivity contribution is -0.124. The van der Waals surface area contributed by atoms with Gasteiger partial charge in [0.15, 0.2) is 6.61 Å². The molecule has 0 saturated carbocycles. The fraction of sp³-hybridized carbons (Fsp3) is 0.125. The van der Waals surface area contributed by atoms with Crippen molar-refractivity contribution in [1.29, 1.82) is 0 Å². The van der Waals surface area contributed by atoms with Gasteiger partial charge in [-0.1, -0.05) is 41.9 Å². The minimum Gasteiger partial charge on any atom is -0.497 e. The molecular weight excluding hydrogens is 432 g/mol. The number of rotatable bonds is 8. The Kier molecular flexibility index (Phi) is 7.83. The number of methoxy groups -OCH3 is 1. The van der Waals surface area contributed by atoms with Gasteiger partial charge >= 0.3 is 5.97 Å². The maximum Gasteiger partial charge on any atom is 0.340 e. The third kappa shape index (κ3) is 6.09. The summed E-state index contributed by atoms with van der Waals surface area (Å²) in [6.07, 6.45) is 0. The molecule has 0 bridgehead atoms. The molecule has 3 rings (SSSR count). The van der Waals surface area contributed by atoms with E-state index in [1.165, 1.54) is 13.2 Å². The molecule has 0 aliphatic rings. The number of amides is 2. The summed E-state index contributed by atoms with van der Waals surface area (Å²) in [7, 11) is 1.54. The van der Waals surface area contributed by atoms with Crippen LogP contribution in [-0.2, 0) is 16.1 Å². The van der Waals surface area contributed by atoms with Crippen LogP contribution in [0.15, 0.2) is 72.8 Å². The van der Waals surface area contributed by atoms with Crippen LogP contribution in [0.1, 0.15) is 26.3 Å². The molecular formula is C24H21ClN2O5. The van der Waals surface area contributed by atoms with Crippen LogP contribution in [-0.4, -0.2) is 31.5 Å². The summed E-state index contributed by atoms with van der Waals surface area (Å²) in [5.74, 6) is -0.981. The number of esters is 1. The third-order valence-electron chi connectivity index (χ3n) is 4.52. The zero-order chi connectivity index (χ0) is 22.9. The van der Waals surface area contributed by atoms with Crippen LogP contribution in [0, 0.1) is 0 Å². The number of halogens is 1. The minimum atomic E-state index is -0.733. The van der Waals surface area contributed by atoms with Gasteiger partial charge in [0.1, 0.15) is 5.75 Å². The smallest absolute Gasteiger partial charge is 0.340 e. The van der Waals surface area contributed by atoms with Gasteiger partial charge in [0.2, 0.25) is 0 Å². The van der Waals surface area contributed by atoms with E-state index in [1.807, 2.05) is 6.07 Å². The summed E-state index contributed by atoms with van der Waals surface area (Å²) < 4.78 is 10.2. The second-order valence-electron chi connectivity index (χ2n) is 6.67. The quantitative estimate of drug-likeness (QED) is 0.502. The fourth-order valence-corrected chi connectivity index (χ4v) is 3.00. The first-order valence-electron chi connectivity index (χ1n) is 9.69. The average molecular weight is 453 g/mol. The second-order valence-corrected chi connectivity index (χ2v) is 7.08. The van der Waals surface area contributed by atoms with Gasteiger partial charge < -0.3 is 20.1 Å². The van der Waals surface area contributed by atoms with E-state index >= 15 is 0 Å². The van der Waals surface area contributed by atoms with Gasteiger partial charge in [-0.15, -0.1) is 0 Å². The van der Waals surface area contributed by atoms with Crippen LogP contribution in [0.2, 0.25) is 5.02 Å². The molecule has 7 nitrogen and oxygen atoms in total. The van der Waals surface area contributed by atoms with Gasteiger partial charge in [-0.25, -0.2) is 4.79 Å². The molecule has 8 heteroatoms. The summed E-state index contributed by atoms with van der Waals surface area (Å²) in [6.45, 7) is -0.255. The highest BCUT2D eigenvalue weighted by molar-refractivity contribution is 6.31. The lowest BCUT2D eigenvalue weighted by Gasteiger charge is -2.12. The van der Waals surface area contributed by atoms with Crippen LogP contribution < -0.4 is 15.4 Å². The van der Waals surface area contributed by atoms with Gasteiger partial charge in [-0.2, -0.15) is 0 Å². The van der Waals surface area contributed by atoms with Crippen molar-refractivity contribution in [3.05, 3.63) is 94.5 Å². The maximum absolute atomic E-state index is 12.5. The maximum atomic E-state index is 12.5. The Morgan fingerprint density at radius 3 is 2.31 bits per heavy atom. The van der Waals surface area contributed by atoms with Gasteiger partial charge in [-0.05, 0) is 48.0 Å². The first-order chi connectivity index (χ1) is 15.5. The standard InChI is InChI=1S/C24H21ClN2O5/c1-31-18-12-10-16(11-13-18)23(29)27-21-9-5-3-7-19(21)24(30)32-15-22(28)26-14-17-6-2-4-8-20(17)25/h2-13H,14-15H2,1H3,(H,26,28)(H,27,29). The predicted molar refractivity (Wildman–Crippen MR) is 121 cm³/mol. The average Bonchev–Trinajstić information content (AvgIpc) is 2.82. The van der Waals surface area contributed by atoms with Crippen molar-refractivity contribution in [2.75, 3.05) is 19.0 Å². The molecule has 32 heavy (non-hydrogen) atoms. The van der Waals surface area contributed by atoms with Crippen molar-refractivity contribution in [1.82, 2.24) is 5.32 Å². The molecule has 0 unspecified atom stereocenters. The molecule has 2 amide bonds. The highest BCUT2D eigenvalue weighted by atomic mass is 35.5. The Hall–Kier alpha value is -3.84. The van der Waals surface area contributed by atoms with Crippen LogP contribution in [0.3, 0.4) is 0 Å². The van der Waals surface area contributed by atoms with Crippen molar-refractivity contribution in [2.24, 2.45) is 0 Å². The molecule has 0 spiro atoms. The normalized spacial score (nSPS) is 10.2. The monoisotopic (exact) mass is 452 g/mol. The topological polar surface area (TPSA) is 93.7 Å². The van der Waals surface area contributed by atoms with Crippen molar-refractivity contribution < 1.29 is 23.9 Å². The number of carbonyl (C=O) groups excluding carboxylic acids is 3. The van der Waals surface area contributed by atoms with Crippen LogP contribution >= 0.6 is 11.6 Å². The van der Waals surface area contributed by atoms with E-state index in [2.05, 4.69) is 10.6 Å². The number of anilines is 1. The number of benzene rings is 3. The minimum absolute atomic E-state index is 0.133. The van der Waals surface area contributed by atoms with E-state index < -0.39 is 24.4 Å². The SMILES string of the molecule is COc1ccc(C(=O)Nc2ccccc2C(=O)OCC(=O)NCc2ccccc2Cl)cc1. The Morgan fingerprint density at radius 1 is 0.906 bits per heavy atom. The molecule has 0 aromatic heterocycles. The predicted octanol–water partition coefficient (Wildman–Crippen LogP) is 4.07. The zero-order valence-electron chi connectivity index (χ0n) is 17.3. The summed E-state index contributed by atoms with van der Waals surface area (Å²) in [6, 6.07) is 20.1. The molecule has 0 aliphatic heterocycles. The Labute approximate surface area is 190 Å². The van der Waals surface area contributed by atoms with Gasteiger partial charge in [-0.3, -0.25) is 9.59 Å². The van der Waals surface area contributed by atoms with Crippen molar-refractivity contribution in [2.45, 2.75) is 6.54 Å². The third-order valence-corrected chi connectivity index (χ3v) is 4.88. The van der Waals surface area contributed by atoms with Gasteiger partial charge in [0.05, 0.1) is 18.4 Å². The molecule has 3 aromatic rings. The summed E-state index contributed by atoms with van der Waals surface area (Å²) >= 11 is 6.06. The number of hydrogen-bond donors (Lipinski definition) is 2. The van der Waals surface area contributed by atoms with E-state index in [4.69, 9.17) is 21.1 Å².